The van der Waals surface area contributed by atoms with Crippen LogP contribution >= 0.6 is 11.6 Å². The molecule has 1 aliphatic heterocycles. The van der Waals surface area contributed by atoms with E-state index in [2.05, 4.69) is 6.92 Å². The fourth-order valence-electron chi connectivity index (χ4n) is 1.35. The molecule has 15 heavy (non-hydrogen) atoms. The van der Waals surface area contributed by atoms with Crippen LogP contribution in [0.5, 0.6) is 5.75 Å². The van der Waals surface area contributed by atoms with Crippen LogP contribution in [-0.4, -0.2) is 18.8 Å². The maximum absolute atomic E-state index is 6.02. The van der Waals surface area contributed by atoms with Gasteiger partial charge in [-0.3, -0.25) is 0 Å². The topological polar surface area (TPSA) is 21.8 Å². The lowest BCUT2D eigenvalue weighted by Crippen LogP contribution is -2.16. The van der Waals surface area contributed by atoms with Gasteiger partial charge in [-0.25, -0.2) is 0 Å². The van der Waals surface area contributed by atoms with E-state index in [1.54, 1.807) is 0 Å². The third-order valence-electron chi connectivity index (χ3n) is 2.58. The van der Waals surface area contributed by atoms with E-state index in [-0.39, 0.29) is 5.60 Å². The smallest absolute Gasteiger partial charge is 0.123 e. The van der Waals surface area contributed by atoms with Crippen molar-refractivity contribution in [1.29, 1.82) is 0 Å². The van der Waals surface area contributed by atoms with E-state index in [0.29, 0.717) is 6.61 Å². The van der Waals surface area contributed by atoms with Crippen molar-refractivity contribution in [2.45, 2.75) is 25.9 Å². The molecule has 0 bridgehead atoms. The number of hydrogen-bond donors (Lipinski definition) is 0. The number of halogens is 1. The zero-order chi connectivity index (χ0) is 10.9. The fourth-order valence-corrected chi connectivity index (χ4v) is 1.61. The van der Waals surface area contributed by atoms with Crippen molar-refractivity contribution < 1.29 is 9.47 Å². The average Bonchev–Trinajstić information content (AvgIpc) is 2.96. The summed E-state index contributed by atoms with van der Waals surface area (Å²) >= 11 is 6.02. The fraction of sp³-hybridized carbons (Fsp3) is 0.500. The minimum Gasteiger partial charge on any atom is -0.490 e. The Balaban J connectivity index is 2.01. The van der Waals surface area contributed by atoms with Gasteiger partial charge in [-0.2, -0.15) is 0 Å². The molecule has 1 fully saturated rings. The molecule has 0 saturated carbocycles. The van der Waals surface area contributed by atoms with Gasteiger partial charge in [0.15, 0.2) is 0 Å². The Morgan fingerprint density at radius 1 is 1.53 bits per heavy atom. The van der Waals surface area contributed by atoms with E-state index in [1.807, 2.05) is 25.1 Å². The van der Waals surface area contributed by atoms with Crippen molar-refractivity contribution in [1.82, 2.24) is 0 Å². The zero-order valence-corrected chi connectivity index (χ0v) is 9.80. The molecule has 1 aromatic rings. The van der Waals surface area contributed by atoms with Gasteiger partial charge in [0.1, 0.15) is 18.0 Å². The Kier molecular flexibility index (Phi) is 2.89. The molecule has 1 saturated heterocycles. The minimum atomic E-state index is -0.0635. The van der Waals surface area contributed by atoms with Gasteiger partial charge in [-0.15, -0.1) is 0 Å². The van der Waals surface area contributed by atoms with Crippen molar-refractivity contribution in [3.05, 3.63) is 28.8 Å². The molecule has 1 unspecified atom stereocenters. The van der Waals surface area contributed by atoms with Crippen LogP contribution in [0.1, 0.15) is 19.4 Å². The molecule has 1 heterocycles. The first-order valence-electron chi connectivity index (χ1n) is 5.18. The molecule has 0 aromatic heterocycles. The van der Waals surface area contributed by atoms with E-state index >= 15 is 0 Å². The Labute approximate surface area is 95.1 Å². The number of benzene rings is 1. The standard InChI is InChI=1S/C12H15ClO2/c1-3-9-6-10(4-5-11(9)13)14-7-12(2)8-15-12/h4-6H,3,7-8H2,1-2H3. The summed E-state index contributed by atoms with van der Waals surface area (Å²) in [4.78, 5) is 0. The third-order valence-corrected chi connectivity index (χ3v) is 2.95. The third kappa shape index (κ3) is 2.64. The number of hydrogen-bond acceptors (Lipinski definition) is 2. The van der Waals surface area contributed by atoms with Crippen molar-refractivity contribution in [2.24, 2.45) is 0 Å². The average molecular weight is 227 g/mol. The number of rotatable bonds is 4. The van der Waals surface area contributed by atoms with E-state index in [9.17, 15) is 0 Å². The lowest BCUT2D eigenvalue weighted by Gasteiger charge is -2.10. The quantitative estimate of drug-likeness (QED) is 0.736. The maximum atomic E-state index is 6.02. The SMILES string of the molecule is CCc1cc(OCC2(C)CO2)ccc1Cl. The predicted molar refractivity (Wildman–Crippen MR) is 60.7 cm³/mol. The van der Waals surface area contributed by atoms with E-state index in [0.717, 1.165) is 29.4 Å². The second-order valence-electron chi connectivity index (χ2n) is 4.13. The summed E-state index contributed by atoms with van der Waals surface area (Å²) in [5.41, 5.74) is 1.06. The van der Waals surface area contributed by atoms with Gasteiger partial charge in [0.05, 0.1) is 6.61 Å². The van der Waals surface area contributed by atoms with Gasteiger partial charge >= 0.3 is 0 Å². The molecule has 0 aliphatic carbocycles. The van der Waals surface area contributed by atoms with Crippen LogP contribution in [0.2, 0.25) is 5.02 Å². The molecule has 0 N–H and O–H groups in total. The molecule has 1 aliphatic rings. The Morgan fingerprint density at radius 2 is 2.27 bits per heavy atom. The highest BCUT2D eigenvalue weighted by molar-refractivity contribution is 6.31. The largest absolute Gasteiger partial charge is 0.490 e. The first-order chi connectivity index (χ1) is 7.13. The number of epoxide rings is 1. The lowest BCUT2D eigenvalue weighted by atomic mass is 10.1. The second-order valence-corrected chi connectivity index (χ2v) is 4.54. The Morgan fingerprint density at radius 3 is 2.87 bits per heavy atom. The Bertz CT molecular complexity index is 359. The lowest BCUT2D eigenvalue weighted by molar-refractivity contribution is 0.202. The molecular weight excluding hydrogens is 212 g/mol. The highest BCUT2D eigenvalue weighted by Gasteiger charge is 2.40. The van der Waals surface area contributed by atoms with Gasteiger partial charge in [0.2, 0.25) is 0 Å². The first kappa shape index (κ1) is 10.8. The molecule has 0 amide bonds. The molecule has 82 valence electrons. The van der Waals surface area contributed by atoms with E-state index in [4.69, 9.17) is 21.1 Å². The number of aryl methyl sites for hydroxylation is 1. The van der Waals surface area contributed by atoms with Crippen molar-refractivity contribution in [3.8, 4) is 5.75 Å². The summed E-state index contributed by atoms with van der Waals surface area (Å²) in [6, 6.07) is 5.77. The zero-order valence-electron chi connectivity index (χ0n) is 9.05. The molecular formula is C12H15ClO2. The molecule has 2 rings (SSSR count). The second kappa shape index (κ2) is 4.03. The molecule has 1 atom stereocenters. The van der Waals surface area contributed by atoms with Crippen LogP contribution in [0.4, 0.5) is 0 Å². The minimum absolute atomic E-state index is 0.0635. The monoisotopic (exact) mass is 226 g/mol. The maximum Gasteiger partial charge on any atom is 0.123 e. The summed E-state index contributed by atoms with van der Waals surface area (Å²) in [6.07, 6.45) is 0.920. The summed E-state index contributed by atoms with van der Waals surface area (Å²) in [5, 5.41) is 0.804. The van der Waals surface area contributed by atoms with Gasteiger partial charge in [0, 0.05) is 5.02 Å². The Hall–Kier alpha value is -0.730. The summed E-state index contributed by atoms with van der Waals surface area (Å²) in [5.74, 6) is 0.868. The molecule has 0 radical (unpaired) electrons. The van der Waals surface area contributed by atoms with Crippen LogP contribution in [0.25, 0.3) is 0 Å². The highest BCUT2D eigenvalue weighted by Crippen LogP contribution is 2.28. The normalized spacial score (nSPS) is 23.9. The molecule has 1 aromatic carbocycles. The van der Waals surface area contributed by atoms with Crippen LogP contribution in [0.3, 0.4) is 0 Å². The van der Waals surface area contributed by atoms with Gasteiger partial charge < -0.3 is 9.47 Å². The molecule has 0 spiro atoms. The van der Waals surface area contributed by atoms with Crippen LogP contribution in [0, 0.1) is 0 Å². The van der Waals surface area contributed by atoms with E-state index in [1.165, 1.54) is 0 Å². The number of ether oxygens (including phenoxy) is 2. The van der Waals surface area contributed by atoms with Crippen LogP contribution < -0.4 is 4.74 Å². The predicted octanol–water partition coefficient (Wildman–Crippen LogP) is 3.07. The molecule has 2 nitrogen and oxygen atoms in total. The van der Waals surface area contributed by atoms with E-state index < -0.39 is 0 Å². The summed E-state index contributed by atoms with van der Waals surface area (Å²) in [6.45, 7) is 5.53. The van der Waals surface area contributed by atoms with Crippen molar-refractivity contribution in [3.63, 3.8) is 0 Å². The van der Waals surface area contributed by atoms with Crippen molar-refractivity contribution >= 4 is 11.6 Å². The van der Waals surface area contributed by atoms with Gasteiger partial charge in [-0.05, 0) is 37.1 Å². The van der Waals surface area contributed by atoms with Crippen LogP contribution in [0.15, 0.2) is 18.2 Å². The first-order valence-corrected chi connectivity index (χ1v) is 5.56. The van der Waals surface area contributed by atoms with Gasteiger partial charge in [-0.1, -0.05) is 18.5 Å². The molecule has 3 heteroatoms. The highest BCUT2D eigenvalue weighted by atomic mass is 35.5. The van der Waals surface area contributed by atoms with Crippen molar-refractivity contribution in [2.75, 3.05) is 13.2 Å². The summed E-state index contributed by atoms with van der Waals surface area (Å²) < 4.78 is 10.9. The van der Waals surface area contributed by atoms with Gasteiger partial charge in [0.25, 0.3) is 0 Å². The van der Waals surface area contributed by atoms with Crippen LogP contribution in [-0.2, 0) is 11.2 Å². The summed E-state index contributed by atoms with van der Waals surface area (Å²) in [7, 11) is 0.